The number of aromatic nitrogens is 1. The Kier molecular flexibility index (Phi) is 4.90. The van der Waals surface area contributed by atoms with E-state index in [0.717, 1.165) is 12.3 Å². The number of pyridine rings is 1. The fourth-order valence-corrected chi connectivity index (χ4v) is 1.96. The molecule has 0 spiro atoms. The van der Waals surface area contributed by atoms with E-state index in [9.17, 15) is 9.18 Å². The van der Waals surface area contributed by atoms with E-state index in [2.05, 4.69) is 4.98 Å². The first-order valence-corrected chi connectivity index (χ1v) is 6.49. The molecule has 2 aromatic rings. The number of halogens is 2. The van der Waals surface area contributed by atoms with E-state index in [0.29, 0.717) is 5.76 Å². The van der Waals surface area contributed by atoms with Crippen LogP contribution in [0.1, 0.15) is 22.5 Å². The van der Waals surface area contributed by atoms with E-state index in [1.807, 2.05) is 6.07 Å². The van der Waals surface area contributed by atoms with Crippen molar-refractivity contribution in [1.29, 1.82) is 5.26 Å². The van der Waals surface area contributed by atoms with Crippen LogP contribution in [-0.2, 0) is 6.54 Å². The van der Waals surface area contributed by atoms with Gasteiger partial charge in [-0.15, -0.1) is 0 Å². The predicted molar refractivity (Wildman–Crippen MR) is 72.9 cm³/mol. The summed E-state index contributed by atoms with van der Waals surface area (Å²) < 4.78 is 18.4. The van der Waals surface area contributed by atoms with Crippen LogP contribution in [0.5, 0.6) is 0 Å². The topological polar surface area (TPSA) is 70.1 Å². The van der Waals surface area contributed by atoms with Crippen molar-refractivity contribution in [3.8, 4) is 6.07 Å². The third-order valence-electron chi connectivity index (χ3n) is 2.74. The van der Waals surface area contributed by atoms with E-state index in [1.165, 1.54) is 11.2 Å². The van der Waals surface area contributed by atoms with E-state index in [-0.39, 0.29) is 30.2 Å². The number of nitrogens with zero attached hydrogens (tertiary/aromatic N) is 3. The molecule has 0 fully saturated rings. The molecule has 0 aliphatic heterocycles. The second-order valence-electron chi connectivity index (χ2n) is 4.21. The van der Waals surface area contributed by atoms with Gasteiger partial charge in [0.05, 0.1) is 37.1 Å². The van der Waals surface area contributed by atoms with Crippen LogP contribution < -0.4 is 0 Å². The summed E-state index contributed by atoms with van der Waals surface area (Å²) in [4.78, 5) is 17.4. The Balaban J connectivity index is 2.24. The van der Waals surface area contributed by atoms with Gasteiger partial charge in [-0.1, -0.05) is 11.6 Å². The lowest BCUT2D eigenvalue weighted by Gasteiger charge is -2.20. The van der Waals surface area contributed by atoms with E-state index in [1.54, 1.807) is 12.1 Å². The summed E-state index contributed by atoms with van der Waals surface area (Å²) >= 11 is 5.84. The highest BCUT2D eigenvalue weighted by Gasteiger charge is 2.21. The van der Waals surface area contributed by atoms with Crippen LogP contribution in [0.4, 0.5) is 4.39 Å². The molecule has 0 unspecified atom stereocenters. The third kappa shape index (κ3) is 3.80. The number of hydrogen-bond donors (Lipinski definition) is 0. The van der Waals surface area contributed by atoms with Crippen LogP contribution in [-0.4, -0.2) is 22.3 Å². The molecule has 2 aromatic heterocycles. The maximum absolute atomic E-state index is 13.2. The Bertz CT molecular complexity index is 667. The van der Waals surface area contributed by atoms with Crippen molar-refractivity contribution < 1.29 is 13.6 Å². The predicted octanol–water partition coefficient (Wildman–Crippen LogP) is 3.02. The highest BCUT2D eigenvalue weighted by Crippen LogP contribution is 2.18. The number of furan rings is 1. The molecule has 0 radical (unpaired) electrons. The Labute approximate surface area is 125 Å². The zero-order valence-corrected chi connectivity index (χ0v) is 11.7. The number of rotatable bonds is 5. The van der Waals surface area contributed by atoms with Crippen LogP contribution in [0.2, 0.25) is 5.15 Å². The second kappa shape index (κ2) is 6.86. The molecule has 0 saturated carbocycles. The van der Waals surface area contributed by atoms with Crippen molar-refractivity contribution in [2.45, 2.75) is 13.0 Å². The molecule has 0 aromatic carbocycles. The molecule has 2 heterocycles. The van der Waals surface area contributed by atoms with Crippen molar-refractivity contribution in [2.24, 2.45) is 0 Å². The minimum Gasteiger partial charge on any atom is -0.467 e. The molecule has 2 rings (SSSR count). The maximum atomic E-state index is 13.2. The summed E-state index contributed by atoms with van der Waals surface area (Å²) in [5.41, 5.74) is -0.0406. The molecule has 0 N–H and O–H groups in total. The molecule has 5 nitrogen and oxygen atoms in total. The number of carbonyl (C=O) groups is 1. The molecule has 0 saturated heterocycles. The molecular weight excluding hydrogens is 297 g/mol. The van der Waals surface area contributed by atoms with Crippen molar-refractivity contribution in [3.63, 3.8) is 0 Å². The van der Waals surface area contributed by atoms with Crippen LogP contribution in [0.25, 0.3) is 0 Å². The smallest absolute Gasteiger partial charge is 0.257 e. The molecular formula is C14H11ClFN3O2. The lowest BCUT2D eigenvalue weighted by molar-refractivity contribution is 0.0734. The standard InChI is InChI=1S/C14H11ClFN3O2/c15-13-12(7-10(16)8-18-13)14(20)19(5-2-4-17)9-11-3-1-6-21-11/h1,3,6-8H,2,5,9H2. The fraction of sp³-hybridized carbons (Fsp3) is 0.214. The van der Waals surface area contributed by atoms with Gasteiger partial charge in [-0.2, -0.15) is 5.26 Å². The molecule has 21 heavy (non-hydrogen) atoms. The molecule has 0 aliphatic carbocycles. The molecule has 0 bridgehead atoms. The SMILES string of the molecule is N#CCCN(Cc1ccco1)C(=O)c1cc(F)cnc1Cl. The summed E-state index contributed by atoms with van der Waals surface area (Å²) in [6, 6.07) is 6.39. The Morgan fingerprint density at radius 2 is 2.38 bits per heavy atom. The summed E-state index contributed by atoms with van der Waals surface area (Å²) in [5, 5.41) is 8.60. The Morgan fingerprint density at radius 3 is 3.05 bits per heavy atom. The monoisotopic (exact) mass is 307 g/mol. The lowest BCUT2D eigenvalue weighted by Crippen LogP contribution is -2.31. The average molecular weight is 308 g/mol. The zero-order chi connectivity index (χ0) is 15.2. The van der Waals surface area contributed by atoms with Crippen LogP contribution in [0.3, 0.4) is 0 Å². The lowest BCUT2D eigenvalue weighted by atomic mass is 10.2. The summed E-state index contributed by atoms with van der Waals surface area (Å²) in [5.74, 6) is -0.596. The van der Waals surface area contributed by atoms with Gasteiger partial charge >= 0.3 is 0 Å². The average Bonchev–Trinajstić information content (AvgIpc) is 2.98. The Hall–Kier alpha value is -2.39. The van der Waals surface area contributed by atoms with Crippen LogP contribution in [0, 0.1) is 17.1 Å². The van der Waals surface area contributed by atoms with Gasteiger partial charge in [0.1, 0.15) is 16.7 Å². The number of amides is 1. The quantitative estimate of drug-likeness (QED) is 0.796. The first kappa shape index (κ1) is 15.0. The minimum atomic E-state index is -0.652. The molecule has 1 amide bonds. The Morgan fingerprint density at radius 1 is 1.57 bits per heavy atom. The first-order valence-electron chi connectivity index (χ1n) is 6.11. The van der Waals surface area contributed by atoms with Gasteiger partial charge in [0.2, 0.25) is 0 Å². The maximum Gasteiger partial charge on any atom is 0.257 e. The number of hydrogen-bond acceptors (Lipinski definition) is 4. The van der Waals surface area contributed by atoms with Gasteiger partial charge in [-0.05, 0) is 18.2 Å². The largest absolute Gasteiger partial charge is 0.467 e. The van der Waals surface area contributed by atoms with Gasteiger partial charge < -0.3 is 9.32 Å². The van der Waals surface area contributed by atoms with Gasteiger partial charge in [0, 0.05) is 6.54 Å². The van der Waals surface area contributed by atoms with Crippen molar-refractivity contribution >= 4 is 17.5 Å². The van der Waals surface area contributed by atoms with Gasteiger partial charge in [0.25, 0.3) is 5.91 Å². The minimum absolute atomic E-state index is 0.0406. The second-order valence-corrected chi connectivity index (χ2v) is 4.56. The molecule has 0 aliphatic rings. The van der Waals surface area contributed by atoms with Crippen LogP contribution in [0.15, 0.2) is 35.1 Å². The van der Waals surface area contributed by atoms with E-state index >= 15 is 0 Å². The number of carbonyl (C=O) groups excluding carboxylic acids is 1. The van der Waals surface area contributed by atoms with Gasteiger partial charge in [-0.3, -0.25) is 4.79 Å². The van der Waals surface area contributed by atoms with E-state index in [4.69, 9.17) is 21.3 Å². The van der Waals surface area contributed by atoms with Crippen molar-refractivity contribution in [3.05, 3.63) is 53.0 Å². The highest BCUT2D eigenvalue weighted by molar-refractivity contribution is 6.32. The fourth-order valence-electron chi connectivity index (χ4n) is 1.77. The van der Waals surface area contributed by atoms with Gasteiger partial charge in [-0.25, -0.2) is 9.37 Å². The summed E-state index contributed by atoms with van der Waals surface area (Å²) in [6.45, 7) is 0.350. The third-order valence-corrected chi connectivity index (χ3v) is 3.04. The normalized spacial score (nSPS) is 10.1. The zero-order valence-electron chi connectivity index (χ0n) is 10.9. The first-order chi connectivity index (χ1) is 10.1. The molecule has 0 atom stereocenters. The molecule has 108 valence electrons. The van der Waals surface area contributed by atoms with Crippen LogP contribution >= 0.6 is 11.6 Å². The number of nitriles is 1. The highest BCUT2D eigenvalue weighted by atomic mass is 35.5. The van der Waals surface area contributed by atoms with E-state index < -0.39 is 11.7 Å². The van der Waals surface area contributed by atoms with Crippen molar-refractivity contribution in [1.82, 2.24) is 9.88 Å². The molecule has 7 heteroatoms. The summed E-state index contributed by atoms with van der Waals surface area (Å²) in [7, 11) is 0. The summed E-state index contributed by atoms with van der Waals surface area (Å²) in [6.07, 6.45) is 2.57. The van der Waals surface area contributed by atoms with Gasteiger partial charge in [0.15, 0.2) is 0 Å². The van der Waals surface area contributed by atoms with Crippen molar-refractivity contribution in [2.75, 3.05) is 6.54 Å².